The van der Waals surface area contributed by atoms with Crippen LogP contribution in [0.3, 0.4) is 0 Å². The summed E-state index contributed by atoms with van der Waals surface area (Å²) in [6.07, 6.45) is 2.69. The highest BCUT2D eigenvalue weighted by Gasteiger charge is 2.29. The normalized spacial score (nSPS) is 13.6. The highest BCUT2D eigenvalue weighted by molar-refractivity contribution is 5.94. The Kier molecular flexibility index (Phi) is 5.28. The molecule has 1 aliphatic rings. The van der Waals surface area contributed by atoms with Crippen molar-refractivity contribution in [2.75, 3.05) is 18.0 Å². The number of hydrogen-bond donors (Lipinski definition) is 1. The van der Waals surface area contributed by atoms with E-state index in [1.807, 2.05) is 54.6 Å². The minimum Gasteiger partial charge on any atom is -0.467 e. The Morgan fingerprint density at radius 3 is 2.39 bits per heavy atom. The van der Waals surface area contributed by atoms with Gasteiger partial charge in [-0.1, -0.05) is 60.7 Å². The number of rotatable bonds is 6. The number of benzene rings is 3. The molecule has 1 unspecified atom stereocenters. The topological polar surface area (TPSA) is 45.5 Å². The molecule has 0 radical (unpaired) electrons. The summed E-state index contributed by atoms with van der Waals surface area (Å²) in [6.45, 7) is 1.38. The van der Waals surface area contributed by atoms with E-state index in [4.69, 9.17) is 4.42 Å². The molecule has 31 heavy (non-hydrogen) atoms. The summed E-state index contributed by atoms with van der Waals surface area (Å²) in [5.41, 5.74) is 5.44. The maximum absolute atomic E-state index is 12.9. The largest absolute Gasteiger partial charge is 0.467 e. The lowest BCUT2D eigenvalue weighted by Crippen LogP contribution is -2.37. The van der Waals surface area contributed by atoms with Crippen molar-refractivity contribution >= 4 is 11.6 Å². The molecule has 4 aromatic rings. The SMILES string of the molecule is O=C(NCC(c1ccco1)N1CCc2ccccc21)c1ccc(-c2ccccc2)cc1. The van der Waals surface area contributed by atoms with Gasteiger partial charge in [-0.2, -0.15) is 0 Å². The number of nitrogens with zero attached hydrogens (tertiary/aromatic N) is 1. The predicted molar refractivity (Wildman–Crippen MR) is 123 cm³/mol. The molecule has 0 bridgehead atoms. The van der Waals surface area contributed by atoms with E-state index in [0.717, 1.165) is 29.9 Å². The summed E-state index contributed by atoms with van der Waals surface area (Å²) in [4.78, 5) is 15.2. The number of carbonyl (C=O) groups excluding carboxylic acids is 1. The minimum atomic E-state index is -0.0800. The van der Waals surface area contributed by atoms with Crippen molar-refractivity contribution in [3.05, 3.63) is 114 Å². The van der Waals surface area contributed by atoms with E-state index in [0.29, 0.717) is 12.1 Å². The van der Waals surface area contributed by atoms with Crippen LogP contribution in [0.1, 0.15) is 27.7 Å². The van der Waals surface area contributed by atoms with Crippen molar-refractivity contribution < 1.29 is 9.21 Å². The van der Waals surface area contributed by atoms with Crippen molar-refractivity contribution in [3.63, 3.8) is 0 Å². The fourth-order valence-corrected chi connectivity index (χ4v) is 4.27. The number of fused-ring (bicyclic) bond motifs is 1. The lowest BCUT2D eigenvalue weighted by Gasteiger charge is -2.29. The van der Waals surface area contributed by atoms with Crippen LogP contribution in [0.4, 0.5) is 5.69 Å². The second-order valence-electron chi connectivity index (χ2n) is 7.76. The highest BCUT2D eigenvalue weighted by atomic mass is 16.3. The smallest absolute Gasteiger partial charge is 0.251 e. The van der Waals surface area contributed by atoms with Gasteiger partial charge in [0, 0.05) is 24.3 Å². The molecule has 0 spiro atoms. The zero-order chi connectivity index (χ0) is 21.0. The van der Waals surface area contributed by atoms with Crippen LogP contribution >= 0.6 is 0 Å². The Bertz CT molecular complexity index is 1150. The quantitative estimate of drug-likeness (QED) is 0.459. The van der Waals surface area contributed by atoms with E-state index in [1.165, 1.54) is 11.3 Å². The van der Waals surface area contributed by atoms with E-state index >= 15 is 0 Å². The maximum atomic E-state index is 12.9. The van der Waals surface area contributed by atoms with Crippen molar-refractivity contribution in [2.45, 2.75) is 12.5 Å². The number of nitrogens with one attached hydrogen (secondary N) is 1. The molecule has 0 saturated carbocycles. The first-order chi connectivity index (χ1) is 15.3. The van der Waals surface area contributed by atoms with Gasteiger partial charge in [0.1, 0.15) is 11.8 Å². The maximum Gasteiger partial charge on any atom is 0.251 e. The zero-order valence-electron chi connectivity index (χ0n) is 17.2. The standard InChI is InChI=1S/C27H24N2O2/c30-27(23-14-12-21(13-15-23)20-7-2-1-3-8-20)28-19-25(26-11-6-18-31-26)29-17-16-22-9-4-5-10-24(22)29/h1-15,18,25H,16-17,19H2,(H,28,30). The van der Waals surface area contributed by atoms with Gasteiger partial charge in [0.2, 0.25) is 0 Å². The molecule has 0 saturated heterocycles. The van der Waals surface area contributed by atoms with Crippen LogP contribution in [0.25, 0.3) is 11.1 Å². The highest BCUT2D eigenvalue weighted by Crippen LogP contribution is 2.35. The van der Waals surface area contributed by atoms with Crippen LogP contribution in [0.5, 0.6) is 0 Å². The first-order valence-corrected chi connectivity index (χ1v) is 10.6. The van der Waals surface area contributed by atoms with Gasteiger partial charge in [-0.05, 0) is 53.4 Å². The van der Waals surface area contributed by atoms with E-state index in [1.54, 1.807) is 6.26 Å². The first-order valence-electron chi connectivity index (χ1n) is 10.6. The summed E-state index contributed by atoms with van der Waals surface area (Å²) in [6, 6.07) is 30.2. The summed E-state index contributed by atoms with van der Waals surface area (Å²) in [5, 5.41) is 3.11. The van der Waals surface area contributed by atoms with Crippen molar-refractivity contribution in [2.24, 2.45) is 0 Å². The molecule has 4 heteroatoms. The van der Waals surface area contributed by atoms with Gasteiger partial charge in [0.05, 0.1) is 6.26 Å². The van der Waals surface area contributed by atoms with Crippen LogP contribution in [0, 0.1) is 0 Å². The van der Waals surface area contributed by atoms with Crippen molar-refractivity contribution in [1.82, 2.24) is 5.32 Å². The van der Waals surface area contributed by atoms with Gasteiger partial charge < -0.3 is 14.6 Å². The Hall–Kier alpha value is -3.79. The van der Waals surface area contributed by atoms with Gasteiger partial charge in [-0.25, -0.2) is 0 Å². The van der Waals surface area contributed by atoms with Crippen LogP contribution in [-0.2, 0) is 6.42 Å². The second kappa shape index (κ2) is 8.52. The number of anilines is 1. The number of para-hydroxylation sites is 1. The average Bonchev–Trinajstić information content (AvgIpc) is 3.51. The molecule has 4 nitrogen and oxygen atoms in total. The lowest BCUT2D eigenvalue weighted by molar-refractivity contribution is 0.0950. The van der Waals surface area contributed by atoms with E-state index in [9.17, 15) is 4.79 Å². The van der Waals surface area contributed by atoms with Crippen LogP contribution < -0.4 is 10.2 Å². The molecular formula is C27H24N2O2. The molecule has 154 valence electrons. The molecule has 1 N–H and O–H groups in total. The third-order valence-corrected chi connectivity index (χ3v) is 5.88. The number of hydrogen-bond acceptors (Lipinski definition) is 3. The molecule has 2 heterocycles. The van der Waals surface area contributed by atoms with E-state index in [2.05, 4.69) is 46.6 Å². The predicted octanol–water partition coefficient (Wildman–Crippen LogP) is 5.48. The Balaban J connectivity index is 1.31. The van der Waals surface area contributed by atoms with Crippen LogP contribution in [-0.4, -0.2) is 19.0 Å². The molecule has 5 rings (SSSR count). The fourth-order valence-electron chi connectivity index (χ4n) is 4.27. The number of amides is 1. The lowest BCUT2D eigenvalue weighted by atomic mass is 10.0. The van der Waals surface area contributed by atoms with Crippen LogP contribution in [0.2, 0.25) is 0 Å². The van der Waals surface area contributed by atoms with Gasteiger partial charge >= 0.3 is 0 Å². The molecule has 0 aliphatic carbocycles. The fraction of sp³-hybridized carbons (Fsp3) is 0.148. The van der Waals surface area contributed by atoms with Gasteiger partial charge in [-0.3, -0.25) is 4.79 Å². The van der Waals surface area contributed by atoms with E-state index in [-0.39, 0.29) is 11.9 Å². The summed E-state index contributed by atoms with van der Waals surface area (Å²) >= 11 is 0. The second-order valence-corrected chi connectivity index (χ2v) is 7.76. The summed E-state index contributed by atoms with van der Waals surface area (Å²) < 4.78 is 5.73. The molecular weight excluding hydrogens is 384 g/mol. The average molecular weight is 409 g/mol. The molecule has 0 fully saturated rings. The zero-order valence-corrected chi connectivity index (χ0v) is 17.2. The molecule has 1 aliphatic heterocycles. The minimum absolute atomic E-state index is 0.0498. The summed E-state index contributed by atoms with van der Waals surface area (Å²) in [5.74, 6) is 0.778. The monoisotopic (exact) mass is 408 g/mol. The number of carbonyl (C=O) groups is 1. The van der Waals surface area contributed by atoms with E-state index < -0.39 is 0 Å². The first kappa shape index (κ1) is 19.2. The third-order valence-electron chi connectivity index (χ3n) is 5.88. The van der Waals surface area contributed by atoms with Crippen molar-refractivity contribution in [1.29, 1.82) is 0 Å². The molecule has 1 atom stereocenters. The molecule has 1 aromatic heterocycles. The van der Waals surface area contributed by atoms with Crippen LogP contribution in [0.15, 0.2) is 102 Å². The Labute approximate surface area is 182 Å². The molecule has 1 amide bonds. The Morgan fingerprint density at radius 1 is 0.871 bits per heavy atom. The number of furan rings is 1. The Morgan fingerprint density at radius 2 is 1.61 bits per heavy atom. The summed E-state index contributed by atoms with van der Waals surface area (Å²) in [7, 11) is 0. The third kappa shape index (κ3) is 3.97. The van der Waals surface area contributed by atoms with Gasteiger partial charge in [0.15, 0.2) is 0 Å². The van der Waals surface area contributed by atoms with Gasteiger partial charge in [0.25, 0.3) is 5.91 Å². The molecule has 3 aromatic carbocycles. The van der Waals surface area contributed by atoms with Crippen molar-refractivity contribution in [3.8, 4) is 11.1 Å². The van der Waals surface area contributed by atoms with Gasteiger partial charge in [-0.15, -0.1) is 0 Å².